The molecule has 0 spiro atoms. The highest BCUT2D eigenvalue weighted by molar-refractivity contribution is 6.28. The summed E-state index contributed by atoms with van der Waals surface area (Å²) in [6.45, 7) is 0. The number of benzene rings is 2. The third kappa shape index (κ3) is 2.24. The molecule has 0 amide bonds. The summed E-state index contributed by atoms with van der Waals surface area (Å²) in [6.07, 6.45) is 0. The Morgan fingerprint density at radius 1 is 0.406 bits per heavy atom. The standard InChI is InChI=1S/C18F12O2/c19-7-1-2(8(20)12(24)11(7)23)16(32)6-5(15(1)31)17(27,28)3-4(18(6,29)30)10(22)14(26)13(25)9(3)21. The Kier molecular flexibility index (Phi) is 4.20. The van der Waals surface area contributed by atoms with Crippen LogP contribution >= 0.6 is 0 Å². The van der Waals surface area contributed by atoms with Crippen molar-refractivity contribution in [2.45, 2.75) is 11.8 Å². The first kappa shape index (κ1) is 21.9. The van der Waals surface area contributed by atoms with Crippen LogP contribution in [0.15, 0.2) is 11.1 Å². The number of allylic oxidation sites excluding steroid dienone is 2. The second kappa shape index (κ2) is 6.13. The van der Waals surface area contributed by atoms with Gasteiger partial charge in [-0.05, 0) is 0 Å². The number of rotatable bonds is 0. The summed E-state index contributed by atoms with van der Waals surface area (Å²) < 4.78 is 170. The third-order valence-electron chi connectivity index (χ3n) is 4.95. The highest BCUT2D eigenvalue weighted by Crippen LogP contribution is 2.58. The van der Waals surface area contributed by atoms with Gasteiger partial charge in [0.25, 0.3) is 0 Å². The van der Waals surface area contributed by atoms with Crippen LogP contribution in [-0.2, 0) is 11.8 Å². The number of carbonyl (C=O) groups is 2. The van der Waals surface area contributed by atoms with E-state index in [2.05, 4.69) is 0 Å². The van der Waals surface area contributed by atoms with Gasteiger partial charge < -0.3 is 0 Å². The molecule has 0 heterocycles. The summed E-state index contributed by atoms with van der Waals surface area (Å²) in [5.41, 5.74) is -15.8. The van der Waals surface area contributed by atoms with E-state index in [0.29, 0.717) is 0 Å². The van der Waals surface area contributed by atoms with Gasteiger partial charge in [-0.3, -0.25) is 9.59 Å². The molecule has 0 fully saturated rings. The molecule has 0 bridgehead atoms. The zero-order valence-electron chi connectivity index (χ0n) is 14.4. The lowest BCUT2D eigenvalue weighted by molar-refractivity contribution is -0.0221. The Hall–Kier alpha value is -3.32. The van der Waals surface area contributed by atoms with E-state index in [-0.39, 0.29) is 0 Å². The molecular weight excluding hydrogens is 476 g/mol. The monoisotopic (exact) mass is 476 g/mol. The van der Waals surface area contributed by atoms with Gasteiger partial charge >= 0.3 is 11.8 Å². The van der Waals surface area contributed by atoms with Crippen molar-refractivity contribution in [3.05, 3.63) is 79.9 Å². The summed E-state index contributed by atoms with van der Waals surface area (Å²) in [4.78, 5) is 24.8. The highest BCUT2D eigenvalue weighted by Gasteiger charge is 2.65. The van der Waals surface area contributed by atoms with Crippen LogP contribution in [-0.4, -0.2) is 11.6 Å². The topological polar surface area (TPSA) is 34.1 Å². The van der Waals surface area contributed by atoms with Crippen LogP contribution in [0.5, 0.6) is 0 Å². The van der Waals surface area contributed by atoms with E-state index in [9.17, 15) is 62.3 Å². The molecule has 0 saturated heterocycles. The van der Waals surface area contributed by atoms with Gasteiger partial charge in [0, 0.05) is 0 Å². The largest absolute Gasteiger partial charge is 0.306 e. The fraction of sp³-hybridized carbons (Fsp3) is 0.111. The van der Waals surface area contributed by atoms with Crippen molar-refractivity contribution in [3.63, 3.8) is 0 Å². The van der Waals surface area contributed by atoms with Crippen LogP contribution in [0, 0.1) is 46.5 Å². The Morgan fingerprint density at radius 2 is 0.656 bits per heavy atom. The molecule has 2 aliphatic carbocycles. The maximum atomic E-state index is 14.9. The molecule has 0 saturated carbocycles. The van der Waals surface area contributed by atoms with Crippen molar-refractivity contribution in [1.29, 1.82) is 0 Å². The molecular formula is C18F12O2. The summed E-state index contributed by atoms with van der Waals surface area (Å²) in [7, 11) is 0. The lowest BCUT2D eigenvalue weighted by Gasteiger charge is -2.37. The van der Waals surface area contributed by atoms with Crippen LogP contribution in [0.4, 0.5) is 52.7 Å². The summed E-state index contributed by atoms with van der Waals surface area (Å²) in [6, 6.07) is 0. The van der Waals surface area contributed by atoms with E-state index in [1.54, 1.807) is 0 Å². The zero-order valence-corrected chi connectivity index (χ0v) is 14.4. The molecule has 2 aliphatic rings. The predicted molar refractivity (Wildman–Crippen MR) is 76.0 cm³/mol. The lowest BCUT2D eigenvalue weighted by Crippen LogP contribution is -2.45. The van der Waals surface area contributed by atoms with Crippen LogP contribution in [0.3, 0.4) is 0 Å². The van der Waals surface area contributed by atoms with E-state index in [1.807, 2.05) is 0 Å². The van der Waals surface area contributed by atoms with E-state index >= 15 is 0 Å². The average molecular weight is 476 g/mol. The van der Waals surface area contributed by atoms with Gasteiger partial charge in [0.1, 0.15) is 0 Å². The smallest absolute Gasteiger partial charge is 0.289 e. The number of alkyl halides is 4. The number of fused-ring (bicyclic) bond motifs is 2. The van der Waals surface area contributed by atoms with Gasteiger partial charge in [0.15, 0.2) is 58.1 Å². The summed E-state index contributed by atoms with van der Waals surface area (Å²) in [5.74, 6) is -39.6. The van der Waals surface area contributed by atoms with Crippen LogP contribution < -0.4 is 0 Å². The Labute approximate surface area is 166 Å². The number of hydrogen-bond donors (Lipinski definition) is 0. The minimum atomic E-state index is -5.55. The van der Waals surface area contributed by atoms with Gasteiger partial charge in [-0.25, -0.2) is 35.1 Å². The van der Waals surface area contributed by atoms with Crippen molar-refractivity contribution >= 4 is 11.6 Å². The van der Waals surface area contributed by atoms with Crippen molar-refractivity contribution in [1.82, 2.24) is 0 Å². The molecule has 0 N–H and O–H groups in total. The Bertz CT molecular complexity index is 1240. The van der Waals surface area contributed by atoms with E-state index in [4.69, 9.17) is 0 Å². The van der Waals surface area contributed by atoms with E-state index < -0.39 is 103 Å². The first-order valence-corrected chi connectivity index (χ1v) is 7.93. The molecule has 0 aliphatic heterocycles. The third-order valence-corrected chi connectivity index (χ3v) is 4.95. The van der Waals surface area contributed by atoms with E-state index in [1.165, 1.54) is 0 Å². The first-order chi connectivity index (χ1) is 14.6. The molecule has 0 atom stereocenters. The maximum Gasteiger partial charge on any atom is 0.306 e. The molecule has 4 rings (SSSR count). The van der Waals surface area contributed by atoms with Gasteiger partial charge in [-0.15, -0.1) is 0 Å². The van der Waals surface area contributed by atoms with Gasteiger partial charge in [0.2, 0.25) is 0 Å². The van der Waals surface area contributed by atoms with Gasteiger partial charge in [-0.1, -0.05) is 0 Å². The second-order valence-corrected chi connectivity index (χ2v) is 6.57. The number of hydrogen-bond acceptors (Lipinski definition) is 2. The maximum absolute atomic E-state index is 14.9. The Balaban J connectivity index is 2.21. The molecule has 2 aromatic carbocycles. The average Bonchev–Trinajstić information content (AvgIpc) is 2.70. The fourth-order valence-electron chi connectivity index (χ4n) is 3.61. The zero-order chi connectivity index (χ0) is 24.2. The quantitative estimate of drug-likeness (QED) is 0.291. The minimum Gasteiger partial charge on any atom is -0.289 e. The first-order valence-electron chi connectivity index (χ1n) is 7.93. The number of Topliss-reactive ketones (excluding diaryl/α,β-unsaturated/α-hetero) is 2. The number of carbonyl (C=O) groups excluding carboxylic acids is 2. The normalized spacial score (nSPS) is 18.5. The molecule has 32 heavy (non-hydrogen) atoms. The van der Waals surface area contributed by atoms with Crippen molar-refractivity contribution in [2.24, 2.45) is 0 Å². The summed E-state index contributed by atoms with van der Waals surface area (Å²) >= 11 is 0. The lowest BCUT2D eigenvalue weighted by atomic mass is 9.71. The summed E-state index contributed by atoms with van der Waals surface area (Å²) in [5, 5.41) is 0. The van der Waals surface area contributed by atoms with Crippen molar-refractivity contribution in [2.75, 3.05) is 0 Å². The molecule has 2 aromatic rings. The highest BCUT2D eigenvalue weighted by atomic mass is 19.3. The van der Waals surface area contributed by atoms with Crippen LogP contribution in [0.25, 0.3) is 0 Å². The van der Waals surface area contributed by atoms with E-state index in [0.717, 1.165) is 0 Å². The molecule has 0 unspecified atom stereocenters. The number of ketones is 2. The minimum absolute atomic E-state index is 2.23. The Morgan fingerprint density at radius 3 is 0.938 bits per heavy atom. The molecule has 0 aromatic heterocycles. The molecule has 2 nitrogen and oxygen atoms in total. The SMILES string of the molecule is O=C1C2=C(C(=O)c3c(F)c(F)c(F)c(F)c31)C(F)(F)c1c(F)c(F)c(F)c(F)c1C2(F)F. The predicted octanol–water partition coefficient (Wildman–Crippen LogP) is 5.37. The van der Waals surface area contributed by atoms with Crippen molar-refractivity contribution in [3.8, 4) is 0 Å². The van der Waals surface area contributed by atoms with Gasteiger partial charge in [-0.2, -0.15) is 17.6 Å². The molecule has 168 valence electrons. The van der Waals surface area contributed by atoms with Gasteiger partial charge in [0.05, 0.1) is 33.4 Å². The molecule has 0 radical (unpaired) electrons. The second-order valence-electron chi connectivity index (χ2n) is 6.57. The van der Waals surface area contributed by atoms with Crippen LogP contribution in [0.1, 0.15) is 31.8 Å². The number of halogens is 12. The van der Waals surface area contributed by atoms with Crippen molar-refractivity contribution < 1.29 is 62.3 Å². The molecule has 14 heteroatoms. The fourth-order valence-corrected chi connectivity index (χ4v) is 3.61. The van der Waals surface area contributed by atoms with Crippen LogP contribution in [0.2, 0.25) is 0 Å².